The number of nitrogens with one attached hydrogen (secondary N) is 2. The summed E-state index contributed by atoms with van der Waals surface area (Å²) >= 11 is 52.2. The molecule has 4 aromatic rings. The fourth-order valence-electron chi connectivity index (χ4n) is 3.58. The summed E-state index contributed by atoms with van der Waals surface area (Å²) in [5.74, 6) is 1.57. The van der Waals surface area contributed by atoms with Crippen LogP contribution in [0.3, 0.4) is 0 Å². The van der Waals surface area contributed by atoms with Gasteiger partial charge in [-0.15, -0.1) is 0 Å². The normalized spacial score (nSPS) is 10.1. The van der Waals surface area contributed by atoms with Crippen molar-refractivity contribution in [3.8, 4) is 0 Å². The lowest BCUT2D eigenvalue weighted by Gasteiger charge is -2.02. The highest BCUT2D eigenvalue weighted by molar-refractivity contribution is 9.09. The van der Waals surface area contributed by atoms with E-state index in [1.807, 2.05) is 48.5 Å². The first-order valence-electron chi connectivity index (χ1n) is 14.5. The van der Waals surface area contributed by atoms with Crippen molar-refractivity contribution in [2.24, 2.45) is 11.5 Å². The number of amidine groups is 2. The van der Waals surface area contributed by atoms with E-state index in [0.29, 0.717) is 46.6 Å². The van der Waals surface area contributed by atoms with E-state index in [0.717, 1.165) is 52.8 Å². The van der Waals surface area contributed by atoms with Crippen LogP contribution in [0.25, 0.3) is 0 Å². The molecule has 0 aliphatic rings. The lowest BCUT2D eigenvalue weighted by atomic mass is 10.2. The Hall–Kier alpha value is -0.720. The Kier molecular flexibility index (Phi) is 25.5. The third kappa shape index (κ3) is 21.1. The molecule has 0 aliphatic carbocycles. The molecule has 0 aliphatic heterocycles. The number of aliphatic hydroxyl groups excluding tert-OH is 1. The number of hydrogen-bond acceptors (Lipinski definition) is 5. The van der Waals surface area contributed by atoms with Crippen molar-refractivity contribution in [1.82, 2.24) is 0 Å². The zero-order chi connectivity index (χ0) is 37.6. The van der Waals surface area contributed by atoms with Gasteiger partial charge in [-0.25, -0.2) is 0 Å². The summed E-state index contributed by atoms with van der Waals surface area (Å²) < 4.78 is 0. The molecule has 0 unspecified atom stereocenters. The average Bonchev–Trinajstić information content (AvgIpc) is 3.05. The van der Waals surface area contributed by atoms with Gasteiger partial charge in [0.05, 0.1) is 40.2 Å². The summed E-state index contributed by atoms with van der Waals surface area (Å²) in [7, 11) is 0. The van der Waals surface area contributed by atoms with Gasteiger partial charge in [0.1, 0.15) is 0 Å². The number of rotatable bonds is 10. The van der Waals surface area contributed by atoms with Gasteiger partial charge < -0.3 is 16.6 Å². The van der Waals surface area contributed by atoms with Crippen LogP contribution in [-0.4, -0.2) is 38.9 Å². The Labute approximate surface area is 351 Å². The maximum atomic E-state index is 8.60. The van der Waals surface area contributed by atoms with Gasteiger partial charge in [-0.2, -0.15) is 0 Å². The van der Waals surface area contributed by atoms with Crippen molar-refractivity contribution in [2.75, 3.05) is 23.4 Å². The SMILES string of the molecule is Clc1ccc(CCBr)cc1Cl.N=C(N)SCCc1ccc(Cl)c(Cl)c1.N=C(N)SCCc1ccc(Cl)c(Cl)c1.OCCc1ccc(Cl)c(Cl)c1. The minimum absolute atomic E-state index is 0.137. The molecule has 0 bridgehead atoms. The fourth-order valence-corrected chi connectivity index (χ4v) is 6.43. The van der Waals surface area contributed by atoms with Gasteiger partial charge in [-0.05, 0) is 96.5 Å². The highest BCUT2D eigenvalue weighted by atomic mass is 79.9. The zero-order valence-electron chi connectivity index (χ0n) is 26.4. The smallest absolute Gasteiger partial charge is 0.151 e. The van der Waals surface area contributed by atoms with E-state index in [2.05, 4.69) is 15.9 Å². The molecule has 7 N–H and O–H groups in total. The molecule has 0 heterocycles. The van der Waals surface area contributed by atoms with E-state index < -0.39 is 0 Å². The number of halogens is 9. The number of aliphatic hydroxyl groups is 1. The summed E-state index contributed by atoms with van der Waals surface area (Å²) in [5, 5.41) is 28.5. The Bertz CT molecular complexity index is 1550. The molecule has 0 radical (unpaired) electrons. The van der Waals surface area contributed by atoms with Crippen LogP contribution < -0.4 is 11.5 Å². The molecule has 0 fully saturated rings. The molecule has 0 aromatic heterocycles. The number of thioether (sulfide) groups is 2. The molecular formula is C34H35BrCl8N4OS2. The van der Waals surface area contributed by atoms with Crippen molar-refractivity contribution in [1.29, 1.82) is 10.8 Å². The summed E-state index contributed by atoms with van der Waals surface area (Å²) in [6.45, 7) is 0.137. The number of alkyl halides is 1. The van der Waals surface area contributed by atoms with Crippen LogP contribution in [0.5, 0.6) is 0 Å². The van der Waals surface area contributed by atoms with Crippen LogP contribution >= 0.6 is 132 Å². The van der Waals surface area contributed by atoms with Gasteiger partial charge in [0.2, 0.25) is 0 Å². The Morgan fingerprint density at radius 1 is 0.500 bits per heavy atom. The van der Waals surface area contributed by atoms with Gasteiger partial charge in [0.15, 0.2) is 10.3 Å². The number of aryl methyl sites for hydroxylation is 3. The molecular weight excluding hydrogens is 908 g/mol. The van der Waals surface area contributed by atoms with Crippen molar-refractivity contribution in [3.05, 3.63) is 135 Å². The molecule has 50 heavy (non-hydrogen) atoms. The largest absolute Gasteiger partial charge is 0.396 e. The van der Waals surface area contributed by atoms with Crippen molar-refractivity contribution >= 4 is 143 Å². The van der Waals surface area contributed by atoms with E-state index in [4.69, 9.17) is 120 Å². The zero-order valence-corrected chi connectivity index (χ0v) is 35.7. The molecule has 5 nitrogen and oxygen atoms in total. The third-order valence-electron chi connectivity index (χ3n) is 6.02. The summed E-state index contributed by atoms with van der Waals surface area (Å²) in [4.78, 5) is 0. The summed E-state index contributed by atoms with van der Waals surface area (Å²) in [6, 6.07) is 22.1. The van der Waals surface area contributed by atoms with Crippen LogP contribution in [0.4, 0.5) is 0 Å². The Morgan fingerprint density at radius 3 is 1.02 bits per heavy atom. The summed E-state index contributed by atoms with van der Waals surface area (Å²) in [5.41, 5.74) is 14.8. The second-order valence-electron chi connectivity index (χ2n) is 9.83. The predicted octanol–water partition coefficient (Wildman–Crippen LogP) is 12.8. The minimum atomic E-state index is 0.137. The van der Waals surface area contributed by atoms with E-state index >= 15 is 0 Å². The Balaban J connectivity index is 0.000000335. The van der Waals surface area contributed by atoms with Crippen molar-refractivity contribution in [2.45, 2.75) is 25.7 Å². The van der Waals surface area contributed by atoms with Crippen LogP contribution in [-0.2, 0) is 25.7 Å². The Morgan fingerprint density at radius 2 is 0.780 bits per heavy atom. The molecule has 0 saturated heterocycles. The van der Waals surface area contributed by atoms with Crippen LogP contribution in [0.1, 0.15) is 22.3 Å². The standard InChI is InChI=1S/2C9H10Cl2N2S.C8H7BrCl2.C8H8Cl2O/c2*10-7-2-1-6(5-8(7)11)3-4-14-9(12)13;9-4-3-6-1-2-7(10)8(11)5-6;9-7-2-1-6(3-4-11)5-8(7)10/h2*1-2,5H,3-4H2,(H3,12,13);1-2,5H,3-4H2;1-2,5,11H,3-4H2. The highest BCUT2D eigenvalue weighted by Crippen LogP contribution is 2.25. The first-order chi connectivity index (χ1) is 23.7. The maximum absolute atomic E-state index is 8.60. The average molecular weight is 943 g/mol. The van der Waals surface area contributed by atoms with Crippen molar-refractivity contribution in [3.63, 3.8) is 0 Å². The molecule has 4 rings (SSSR count). The fraction of sp³-hybridized carbons (Fsp3) is 0.235. The van der Waals surface area contributed by atoms with Crippen LogP contribution in [0.2, 0.25) is 40.2 Å². The summed E-state index contributed by atoms with van der Waals surface area (Å²) in [6.07, 6.45) is 3.27. The van der Waals surface area contributed by atoms with Crippen LogP contribution in [0, 0.1) is 10.8 Å². The lowest BCUT2D eigenvalue weighted by molar-refractivity contribution is 0.299. The molecule has 4 aromatic carbocycles. The van der Waals surface area contributed by atoms with Gasteiger partial charge in [0, 0.05) is 23.4 Å². The van der Waals surface area contributed by atoms with E-state index in [9.17, 15) is 0 Å². The lowest BCUT2D eigenvalue weighted by Crippen LogP contribution is -2.05. The molecule has 0 saturated carbocycles. The maximum Gasteiger partial charge on any atom is 0.151 e. The monoisotopic (exact) mass is 938 g/mol. The van der Waals surface area contributed by atoms with E-state index in [1.165, 1.54) is 29.1 Å². The molecule has 0 spiro atoms. The first kappa shape index (κ1) is 47.3. The molecule has 272 valence electrons. The molecule has 16 heteroatoms. The minimum Gasteiger partial charge on any atom is -0.396 e. The number of hydrogen-bond donors (Lipinski definition) is 5. The number of nitrogens with two attached hydrogens (primary N) is 2. The predicted molar refractivity (Wildman–Crippen MR) is 230 cm³/mol. The third-order valence-corrected chi connectivity index (χ3v) is 10.8. The van der Waals surface area contributed by atoms with Gasteiger partial charge in [0.25, 0.3) is 0 Å². The molecule has 0 amide bonds. The van der Waals surface area contributed by atoms with E-state index in [-0.39, 0.29) is 16.9 Å². The molecule has 0 atom stereocenters. The quantitative estimate of drug-likeness (QED) is 0.0616. The number of benzene rings is 4. The van der Waals surface area contributed by atoms with Gasteiger partial charge in [-0.1, -0.05) is 157 Å². The van der Waals surface area contributed by atoms with Gasteiger partial charge in [-0.3, -0.25) is 10.8 Å². The topological polar surface area (TPSA) is 120 Å². The second kappa shape index (κ2) is 27.0. The first-order valence-corrected chi connectivity index (χ1v) is 20.6. The van der Waals surface area contributed by atoms with Crippen molar-refractivity contribution < 1.29 is 5.11 Å². The highest BCUT2D eigenvalue weighted by Gasteiger charge is 2.02. The second-order valence-corrected chi connectivity index (χ2v) is 16.2. The van der Waals surface area contributed by atoms with Crippen LogP contribution in [0.15, 0.2) is 72.8 Å². The van der Waals surface area contributed by atoms with E-state index in [1.54, 1.807) is 24.3 Å². The van der Waals surface area contributed by atoms with Gasteiger partial charge >= 0.3 is 0 Å².